The predicted octanol–water partition coefficient (Wildman–Crippen LogP) is 3.93. The molecule has 0 unspecified atom stereocenters. The molecule has 0 aliphatic rings. The largest absolute Gasteiger partial charge is 0.493 e. The highest BCUT2D eigenvalue weighted by atomic mass is 32.1. The number of ether oxygens (including phenoxy) is 2. The smallest absolute Gasteiger partial charge is 0.264 e. The maximum Gasteiger partial charge on any atom is 0.264 e. The van der Waals surface area contributed by atoms with Gasteiger partial charge in [0.15, 0.2) is 23.2 Å². The molecule has 150 valence electrons. The number of carbonyl (C=O) groups is 2. The van der Waals surface area contributed by atoms with Crippen molar-refractivity contribution < 1.29 is 23.5 Å². The number of rotatable bonds is 7. The van der Waals surface area contributed by atoms with Crippen molar-refractivity contribution in [3.05, 3.63) is 53.7 Å². The van der Waals surface area contributed by atoms with Gasteiger partial charge in [0.1, 0.15) is 5.82 Å². The van der Waals surface area contributed by atoms with E-state index in [4.69, 9.17) is 9.47 Å². The zero-order chi connectivity index (χ0) is 20.8. The molecule has 0 aliphatic carbocycles. The van der Waals surface area contributed by atoms with Gasteiger partial charge in [0.25, 0.3) is 5.91 Å². The number of thiazole rings is 1. The summed E-state index contributed by atoms with van der Waals surface area (Å²) in [5.74, 6) is -0.246. The molecule has 2 N–H and O–H groups in total. The number of hydrogen-bond donors (Lipinski definition) is 2. The summed E-state index contributed by atoms with van der Waals surface area (Å²) in [5, 5.41) is 7.09. The van der Waals surface area contributed by atoms with E-state index in [1.165, 1.54) is 37.5 Å². The SMILES string of the molecule is COc1ccccc1OCC(=O)Nc1nc(-c2ccc(NC(C)=O)cc2F)cs1. The molecular formula is C20H18FN3O4S. The first-order chi connectivity index (χ1) is 14.0. The van der Waals surface area contributed by atoms with Gasteiger partial charge >= 0.3 is 0 Å². The predicted molar refractivity (Wildman–Crippen MR) is 109 cm³/mol. The number of halogens is 1. The molecule has 0 radical (unpaired) electrons. The molecule has 0 spiro atoms. The molecule has 3 rings (SSSR count). The number of para-hydroxylation sites is 2. The third kappa shape index (κ3) is 5.29. The van der Waals surface area contributed by atoms with E-state index >= 15 is 0 Å². The van der Waals surface area contributed by atoms with Crippen LogP contribution in [0.3, 0.4) is 0 Å². The third-order valence-electron chi connectivity index (χ3n) is 3.74. The lowest BCUT2D eigenvalue weighted by Crippen LogP contribution is -2.20. The summed E-state index contributed by atoms with van der Waals surface area (Å²) in [7, 11) is 1.52. The van der Waals surface area contributed by atoms with Crippen LogP contribution >= 0.6 is 11.3 Å². The second-order valence-corrected chi connectivity index (χ2v) is 6.76. The first kappa shape index (κ1) is 20.3. The molecule has 2 amide bonds. The monoisotopic (exact) mass is 415 g/mol. The Morgan fingerprint density at radius 1 is 1.14 bits per heavy atom. The van der Waals surface area contributed by atoms with E-state index in [9.17, 15) is 14.0 Å². The fourth-order valence-electron chi connectivity index (χ4n) is 2.50. The zero-order valence-corrected chi connectivity index (χ0v) is 16.5. The summed E-state index contributed by atoms with van der Waals surface area (Å²) in [4.78, 5) is 27.4. The number of nitrogens with one attached hydrogen (secondary N) is 2. The van der Waals surface area contributed by atoms with Crippen LogP contribution in [0, 0.1) is 5.82 Å². The highest BCUT2D eigenvalue weighted by Gasteiger charge is 2.13. The van der Waals surface area contributed by atoms with Crippen molar-refractivity contribution in [2.45, 2.75) is 6.92 Å². The Labute approximate surface area is 170 Å². The number of amides is 2. The molecule has 9 heteroatoms. The summed E-state index contributed by atoms with van der Waals surface area (Å²) in [6.45, 7) is 1.12. The summed E-state index contributed by atoms with van der Waals surface area (Å²) in [6, 6.07) is 11.3. The summed E-state index contributed by atoms with van der Waals surface area (Å²) in [5.41, 5.74) is 1.000. The Bertz CT molecular complexity index is 1040. The van der Waals surface area contributed by atoms with Crippen LogP contribution in [0.15, 0.2) is 47.8 Å². The molecule has 3 aromatic rings. The van der Waals surface area contributed by atoms with Crippen molar-refractivity contribution in [3.63, 3.8) is 0 Å². The maximum absolute atomic E-state index is 14.3. The van der Waals surface area contributed by atoms with E-state index < -0.39 is 11.7 Å². The molecule has 29 heavy (non-hydrogen) atoms. The quantitative estimate of drug-likeness (QED) is 0.610. The van der Waals surface area contributed by atoms with Crippen LogP contribution in [-0.2, 0) is 9.59 Å². The van der Waals surface area contributed by atoms with Gasteiger partial charge in [0.2, 0.25) is 5.91 Å². The van der Waals surface area contributed by atoms with E-state index in [-0.39, 0.29) is 18.1 Å². The van der Waals surface area contributed by atoms with Gasteiger partial charge in [-0.15, -0.1) is 11.3 Å². The van der Waals surface area contributed by atoms with Crippen molar-refractivity contribution in [2.75, 3.05) is 24.4 Å². The number of benzene rings is 2. The summed E-state index contributed by atoms with van der Waals surface area (Å²) >= 11 is 1.17. The van der Waals surface area contributed by atoms with Crippen LogP contribution < -0.4 is 20.1 Å². The van der Waals surface area contributed by atoms with Crippen LogP contribution in [0.5, 0.6) is 11.5 Å². The fraction of sp³-hybridized carbons (Fsp3) is 0.150. The van der Waals surface area contributed by atoms with Crippen LogP contribution in [0.25, 0.3) is 11.3 Å². The van der Waals surface area contributed by atoms with E-state index in [1.807, 2.05) is 0 Å². The second-order valence-electron chi connectivity index (χ2n) is 5.90. The van der Waals surface area contributed by atoms with E-state index in [0.29, 0.717) is 28.0 Å². The average molecular weight is 415 g/mol. The molecule has 0 atom stereocenters. The Morgan fingerprint density at radius 2 is 1.90 bits per heavy atom. The van der Waals surface area contributed by atoms with Gasteiger partial charge in [-0.25, -0.2) is 9.37 Å². The molecule has 0 fully saturated rings. The molecule has 0 saturated carbocycles. The number of carbonyl (C=O) groups excluding carboxylic acids is 2. The number of anilines is 2. The number of aromatic nitrogens is 1. The molecule has 7 nitrogen and oxygen atoms in total. The lowest BCUT2D eigenvalue weighted by molar-refractivity contribution is -0.118. The van der Waals surface area contributed by atoms with Gasteiger partial charge in [-0.05, 0) is 30.3 Å². The zero-order valence-electron chi connectivity index (χ0n) is 15.7. The Hall–Kier alpha value is -3.46. The van der Waals surface area contributed by atoms with Gasteiger partial charge in [0.05, 0.1) is 12.8 Å². The molecule has 1 heterocycles. The Kier molecular flexibility index (Phi) is 6.40. The Balaban J connectivity index is 1.63. The van der Waals surface area contributed by atoms with Gasteiger partial charge < -0.3 is 14.8 Å². The number of nitrogens with zero attached hydrogens (tertiary/aromatic N) is 1. The molecule has 0 saturated heterocycles. The van der Waals surface area contributed by atoms with Crippen LogP contribution in [0.1, 0.15) is 6.92 Å². The van der Waals surface area contributed by atoms with Crippen LogP contribution in [0.4, 0.5) is 15.2 Å². The first-order valence-corrected chi connectivity index (χ1v) is 9.43. The average Bonchev–Trinajstić information content (AvgIpc) is 3.14. The van der Waals surface area contributed by atoms with Crippen molar-refractivity contribution in [3.8, 4) is 22.8 Å². The highest BCUT2D eigenvalue weighted by molar-refractivity contribution is 7.14. The molecule has 0 aliphatic heterocycles. The molecule has 1 aromatic heterocycles. The van der Waals surface area contributed by atoms with Crippen molar-refractivity contribution in [2.24, 2.45) is 0 Å². The summed E-state index contributed by atoms with van der Waals surface area (Å²) in [6.07, 6.45) is 0. The molecular weight excluding hydrogens is 397 g/mol. The lowest BCUT2D eigenvalue weighted by atomic mass is 10.1. The van der Waals surface area contributed by atoms with Crippen LogP contribution in [-0.4, -0.2) is 30.5 Å². The second kappa shape index (κ2) is 9.16. The standard InChI is InChI=1S/C20H18FN3O4S/c1-12(25)22-13-7-8-14(15(21)9-13)16-11-29-20(23-16)24-19(26)10-28-18-6-4-3-5-17(18)27-2/h3-9,11H,10H2,1-2H3,(H,22,25)(H,23,24,26). The molecule has 0 bridgehead atoms. The van der Waals surface area contributed by atoms with Crippen molar-refractivity contribution >= 4 is 34.0 Å². The topological polar surface area (TPSA) is 89.6 Å². The van der Waals surface area contributed by atoms with E-state index in [1.54, 1.807) is 35.7 Å². The van der Waals surface area contributed by atoms with Crippen molar-refractivity contribution in [1.82, 2.24) is 4.98 Å². The van der Waals surface area contributed by atoms with Gasteiger partial charge in [-0.1, -0.05) is 12.1 Å². The highest BCUT2D eigenvalue weighted by Crippen LogP contribution is 2.29. The lowest BCUT2D eigenvalue weighted by Gasteiger charge is -2.09. The first-order valence-electron chi connectivity index (χ1n) is 8.55. The van der Waals surface area contributed by atoms with Gasteiger partial charge in [-0.3, -0.25) is 14.9 Å². The third-order valence-corrected chi connectivity index (χ3v) is 4.50. The minimum absolute atomic E-state index is 0.227. The van der Waals surface area contributed by atoms with Gasteiger partial charge in [0, 0.05) is 23.6 Å². The minimum atomic E-state index is -0.529. The minimum Gasteiger partial charge on any atom is -0.493 e. The van der Waals surface area contributed by atoms with Crippen LogP contribution in [0.2, 0.25) is 0 Å². The molecule has 2 aromatic carbocycles. The normalized spacial score (nSPS) is 10.3. The number of methoxy groups -OCH3 is 1. The van der Waals surface area contributed by atoms with Crippen molar-refractivity contribution in [1.29, 1.82) is 0 Å². The number of hydrogen-bond acceptors (Lipinski definition) is 6. The van der Waals surface area contributed by atoms with Gasteiger partial charge in [-0.2, -0.15) is 0 Å². The summed E-state index contributed by atoms with van der Waals surface area (Å²) < 4.78 is 25.0. The Morgan fingerprint density at radius 3 is 2.59 bits per heavy atom. The maximum atomic E-state index is 14.3. The van der Waals surface area contributed by atoms with E-state index in [2.05, 4.69) is 15.6 Å². The van der Waals surface area contributed by atoms with E-state index in [0.717, 1.165) is 0 Å². The fourth-order valence-corrected chi connectivity index (χ4v) is 3.22.